The molecule has 4 heterocycles. The first-order valence-electron chi connectivity index (χ1n) is 6.51. The number of ketones is 1. The van der Waals surface area contributed by atoms with Gasteiger partial charge in [0.2, 0.25) is 0 Å². The van der Waals surface area contributed by atoms with Crippen LogP contribution in [0.3, 0.4) is 0 Å². The summed E-state index contributed by atoms with van der Waals surface area (Å²) >= 11 is 0. The molecule has 4 saturated heterocycles. The van der Waals surface area contributed by atoms with Gasteiger partial charge in [0.25, 0.3) is 0 Å². The highest BCUT2D eigenvalue weighted by molar-refractivity contribution is 5.83. The third kappa shape index (κ3) is 1.86. The Labute approximate surface area is 106 Å². The standard InChI is InChI=1S/C13H18O5/c1-7(14)16-12-4-3-8(15)9-5-10-11(17-9)6-13(12,2)18-10/h9-12H,3-6H2,1-2H3/t9-,10-,11-,12+,13+/m1/s1. The summed E-state index contributed by atoms with van der Waals surface area (Å²) in [6.45, 7) is 3.34. The maximum absolute atomic E-state index is 12.0. The first-order chi connectivity index (χ1) is 8.48. The summed E-state index contributed by atoms with van der Waals surface area (Å²) < 4.78 is 17.1. The van der Waals surface area contributed by atoms with Crippen molar-refractivity contribution in [1.29, 1.82) is 0 Å². The molecule has 0 aromatic rings. The largest absolute Gasteiger partial charge is 0.459 e. The number of esters is 1. The fraction of sp³-hybridized carbons (Fsp3) is 0.846. The highest BCUT2D eigenvalue weighted by Crippen LogP contribution is 2.45. The van der Waals surface area contributed by atoms with Crippen LogP contribution in [0.2, 0.25) is 0 Å². The number of fused-ring (bicyclic) bond motifs is 3. The van der Waals surface area contributed by atoms with Crippen LogP contribution in [0.4, 0.5) is 0 Å². The van der Waals surface area contributed by atoms with E-state index in [1.54, 1.807) is 0 Å². The van der Waals surface area contributed by atoms with Gasteiger partial charge in [0.05, 0.1) is 12.2 Å². The van der Waals surface area contributed by atoms with E-state index >= 15 is 0 Å². The smallest absolute Gasteiger partial charge is 0.303 e. The number of hydrogen-bond acceptors (Lipinski definition) is 5. The molecule has 0 radical (unpaired) electrons. The zero-order chi connectivity index (χ0) is 12.9. The van der Waals surface area contributed by atoms with E-state index < -0.39 is 5.60 Å². The molecule has 5 nitrogen and oxygen atoms in total. The maximum atomic E-state index is 12.0. The molecule has 0 amide bonds. The van der Waals surface area contributed by atoms with Gasteiger partial charge in [-0.1, -0.05) is 0 Å². The van der Waals surface area contributed by atoms with Gasteiger partial charge in [-0.3, -0.25) is 9.59 Å². The van der Waals surface area contributed by atoms with Gasteiger partial charge < -0.3 is 14.2 Å². The van der Waals surface area contributed by atoms with E-state index in [1.807, 2.05) is 6.92 Å². The minimum absolute atomic E-state index is 0.0277. The Morgan fingerprint density at radius 3 is 2.89 bits per heavy atom. The van der Waals surface area contributed by atoms with Crippen LogP contribution in [-0.2, 0) is 23.8 Å². The van der Waals surface area contributed by atoms with Gasteiger partial charge in [-0.05, 0) is 13.3 Å². The first-order valence-corrected chi connectivity index (χ1v) is 6.51. The van der Waals surface area contributed by atoms with Crippen LogP contribution in [0.1, 0.15) is 39.5 Å². The first kappa shape index (κ1) is 12.1. The lowest BCUT2D eigenvalue weighted by Crippen LogP contribution is -2.42. The lowest BCUT2D eigenvalue weighted by atomic mass is 9.89. The molecular formula is C13H18O5. The van der Waals surface area contributed by atoms with Crippen LogP contribution < -0.4 is 0 Å². The summed E-state index contributed by atoms with van der Waals surface area (Å²) in [6, 6.07) is 0. The number of ether oxygens (including phenoxy) is 3. The van der Waals surface area contributed by atoms with Crippen LogP contribution in [0.5, 0.6) is 0 Å². The Balaban J connectivity index is 1.88. The molecule has 0 aromatic heterocycles. The minimum Gasteiger partial charge on any atom is -0.459 e. The minimum atomic E-state index is -0.517. The van der Waals surface area contributed by atoms with Crippen molar-refractivity contribution in [2.24, 2.45) is 0 Å². The normalized spacial score (nSPS) is 46.7. The molecule has 4 aliphatic rings. The summed E-state index contributed by atoms with van der Waals surface area (Å²) in [5.41, 5.74) is -0.517. The molecule has 18 heavy (non-hydrogen) atoms. The summed E-state index contributed by atoms with van der Waals surface area (Å²) in [4.78, 5) is 23.1. The maximum Gasteiger partial charge on any atom is 0.303 e. The third-order valence-corrected chi connectivity index (χ3v) is 4.23. The van der Waals surface area contributed by atoms with Crippen LogP contribution >= 0.6 is 0 Å². The molecule has 0 aliphatic carbocycles. The van der Waals surface area contributed by atoms with Gasteiger partial charge in [0, 0.05) is 26.2 Å². The summed E-state index contributed by atoms with van der Waals surface area (Å²) in [6.07, 6.45) is 1.52. The summed E-state index contributed by atoms with van der Waals surface area (Å²) in [5, 5.41) is 0. The molecule has 0 aromatic carbocycles. The average Bonchev–Trinajstić information content (AvgIpc) is 2.78. The molecule has 5 atom stereocenters. The fourth-order valence-corrected chi connectivity index (χ4v) is 3.35. The highest BCUT2D eigenvalue weighted by atomic mass is 16.6. The second-order valence-electron chi connectivity index (χ2n) is 5.68. The SMILES string of the molecule is CC(=O)O[C@H]1CCC(=O)[C@H]2C[C@H]3O[C@@]1(C)C[C@H]3O2. The Morgan fingerprint density at radius 2 is 2.22 bits per heavy atom. The number of rotatable bonds is 1. The molecule has 100 valence electrons. The molecule has 4 bridgehead atoms. The van der Waals surface area contributed by atoms with Crippen molar-refractivity contribution >= 4 is 11.8 Å². The lowest BCUT2D eigenvalue weighted by Gasteiger charge is -2.32. The Morgan fingerprint density at radius 1 is 1.44 bits per heavy atom. The molecule has 4 fully saturated rings. The molecule has 0 saturated carbocycles. The lowest BCUT2D eigenvalue weighted by molar-refractivity contribution is -0.167. The van der Waals surface area contributed by atoms with Crippen molar-refractivity contribution in [3.63, 3.8) is 0 Å². The van der Waals surface area contributed by atoms with Gasteiger partial charge in [0.1, 0.15) is 17.8 Å². The molecule has 0 spiro atoms. The van der Waals surface area contributed by atoms with Gasteiger partial charge in [-0.25, -0.2) is 0 Å². The Kier molecular flexibility index (Phi) is 2.71. The van der Waals surface area contributed by atoms with E-state index in [0.29, 0.717) is 25.7 Å². The van der Waals surface area contributed by atoms with E-state index in [1.165, 1.54) is 6.92 Å². The predicted octanol–water partition coefficient (Wildman–Crippen LogP) is 0.986. The van der Waals surface area contributed by atoms with Gasteiger partial charge in [-0.2, -0.15) is 0 Å². The van der Waals surface area contributed by atoms with Crippen LogP contribution in [-0.4, -0.2) is 41.8 Å². The van der Waals surface area contributed by atoms with Gasteiger partial charge in [0.15, 0.2) is 5.78 Å². The van der Waals surface area contributed by atoms with Crippen molar-refractivity contribution in [2.75, 3.05) is 0 Å². The zero-order valence-electron chi connectivity index (χ0n) is 10.7. The fourth-order valence-electron chi connectivity index (χ4n) is 3.35. The molecule has 4 rings (SSSR count). The van der Waals surface area contributed by atoms with Crippen LogP contribution in [0.25, 0.3) is 0 Å². The third-order valence-electron chi connectivity index (χ3n) is 4.23. The molecule has 4 aliphatic heterocycles. The molecular weight excluding hydrogens is 236 g/mol. The molecule has 0 N–H and O–H groups in total. The summed E-state index contributed by atoms with van der Waals surface area (Å²) in [5.74, 6) is -0.220. The zero-order valence-corrected chi connectivity index (χ0v) is 10.7. The Hall–Kier alpha value is -0.940. The van der Waals surface area contributed by atoms with Crippen molar-refractivity contribution in [2.45, 2.75) is 69.5 Å². The average molecular weight is 254 g/mol. The highest BCUT2D eigenvalue weighted by Gasteiger charge is 2.56. The quantitative estimate of drug-likeness (QED) is 0.653. The van der Waals surface area contributed by atoms with E-state index in [9.17, 15) is 9.59 Å². The van der Waals surface area contributed by atoms with Gasteiger partial charge >= 0.3 is 5.97 Å². The number of Topliss-reactive ketones (excluding diaryl/α,β-unsaturated/α-hetero) is 1. The topological polar surface area (TPSA) is 61.8 Å². The van der Waals surface area contributed by atoms with Crippen LogP contribution in [0, 0.1) is 0 Å². The predicted molar refractivity (Wildman–Crippen MR) is 61.0 cm³/mol. The monoisotopic (exact) mass is 254 g/mol. The second kappa shape index (κ2) is 4.03. The molecule has 0 unspecified atom stereocenters. The molecule has 5 heteroatoms. The van der Waals surface area contributed by atoms with Crippen LogP contribution in [0.15, 0.2) is 0 Å². The van der Waals surface area contributed by atoms with Crippen molar-refractivity contribution in [3.05, 3.63) is 0 Å². The van der Waals surface area contributed by atoms with Gasteiger partial charge in [-0.15, -0.1) is 0 Å². The number of hydrogen-bond donors (Lipinski definition) is 0. The summed E-state index contributed by atoms with van der Waals surface area (Å²) in [7, 11) is 0. The van der Waals surface area contributed by atoms with Crippen molar-refractivity contribution in [1.82, 2.24) is 0 Å². The second-order valence-corrected chi connectivity index (χ2v) is 5.68. The van der Waals surface area contributed by atoms with Crippen molar-refractivity contribution < 1.29 is 23.8 Å². The van der Waals surface area contributed by atoms with E-state index in [0.717, 1.165) is 0 Å². The number of carbonyl (C=O) groups is 2. The van der Waals surface area contributed by atoms with Crippen molar-refractivity contribution in [3.8, 4) is 0 Å². The van der Waals surface area contributed by atoms with E-state index in [-0.39, 0.29) is 36.2 Å². The van der Waals surface area contributed by atoms with E-state index in [2.05, 4.69) is 0 Å². The number of carbonyl (C=O) groups excluding carboxylic acids is 2. The Bertz CT molecular complexity index is 377. The van der Waals surface area contributed by atoms with E-state index in [4.69, 9.17) is 14.2 Å².